The van der Waals surface area contributed by atoms with E-state index in [2.05, 4.69) is 10.5 Å². The first-order chi connectivity index (χ1) is 14.0. The van der Waals surface area contributed by atoms with Gasteiger partial charge in [0.05, 0.1) is 12.1 Å². The average Bonchev–Trinajstić information content (AvgIpc) is 3.08. The van der Waals surface area contributed by atoms with E-state index >= 15 is 0 Å². The molecule has 1 N–H and O–H groups in total. The molecule has 2 heterocycles. The summed E-state index contributed by atoms with van der Waals surface area (Å²) in [5, 5.41) is 6.62. The molecule has 1 aliphatic rings. The van der Waals surface area contributed by atoms with Gasteiger partial charge in [-0.1, -0.05) is 17.3 Å². The Morgan fingerprint density at radius 3 is 2.76 bits per heavy atom. The summed E-state index contributed by atoms with van der Waals surface area (Å²) < 4.78 is 29.2. The van der Waals surface area contributed by atoms with Crippen molar-refractivity contribution < 1.29 is 28.0 Å². The number of hydrogen-bond donors (Lipinski definition) is 1. The minimum atomic E-state index is -0.967. The summed E-state index contributed by atoms with van der Waals surface area (Å²) in [7, 11) is 0. The molecule has 148 valence electrons. The summed E-state index contributed by atoms with van der Waals surface area (Å²) in [4.78, 5) is 24.3. The molecule has 0 fully saturated rings. The van der Waals surface area contributed by atoms with Gasteiger partial charge < -0.3 is 19.3 Å². The number of benzene rings is 2. The number of carbonyl (C=O) groups is 2. The van der Waals surface area contributed by atoms with Crippen LogP contribution in [0.1, 0.15) is 17.7 Å². The lowest BCUT2D eigenvalue weighted by molar-refractivity contribution is -0.149. The van der Waals surface area contributed by atoms with E-state index in [0.717, 1.165) is 0 Å². The van der Waals surface area contributed by atoms with E-state index < -0.39 is 18.0 Å². The fourth-order valence-electron chi connectivity index (χ4n) is 2.96. The predicted octanol–water partition coefficient (Wildman–Crippen LogP) is 3.62. The van der Waals surface area contributed by atoms with Crippen molar-refractivity contribution in [2.75, 3.05) is 5.32 Å². The van der Waals surface area contributed by atoms with Crippen LogP contribution in [0.4, 0.5) is 10.1 Å². The van der Waals surface area contributed by atoms with Crippen LogP contribution in [0.25, 0.3) is 11.3 Å². The van der Waals surface area contributed by atoms with Crippen LogP contribution in [-0.2, 0) is 20.9 Å². The molecular formula is C21H17FN2O5. The van der Waals surface area contributed by atoms with Crippen LogP contribution in [0.3, 0.4) is 0 Å². The number of nitrogens with zero attached hydrogens (tertiary/aromatic N) is 1. The quantitative estimate of drug-likeness (QED) is 0.663. The number of nitrogens with one attached hydrogen (secondary N) is 1. The molecule has 0 radical (unpaired) electrons. The first-order valence-electron chi connectivity index (χ1n) is 8.94. The highest BCUT2D eigenvalue weighted by Crippen LogP contribution is 2.30. The third-order valence-corrected chi connectivity index (χ3v) is 4.56. The largest absolute Gasteiger partial charge is 0.478 e. The van der Waals surface area contributed by atoms with Crippen LogP contribution in [-0.4, -0.2) is 23.1 Å². The van der Waals surface area contributed by atoms with Gasteiger partial charge in [-0.15, -0.1) is 0 Å². The van der Waals surface area contributed by atoms with E-state index in [1.54, 1.807) is 43.3 Å². The molecule has 2 aromatic carbocycles. The van der Waals surface area contributed by atoms with Gasteiger partial charge in [-0.25, -0.2) is 4.39 Å². The fourth-order valence-corrected chi connectivity index (χ4v) is 2.96. The van der Waals surface area contributed by atoms with Crippen molar-refractivity contribution in [1.29, 1.82) is 0 Å². The highest BCUT2D eigenvalue weighted by atomic mass is 19.1. The lowest BCUT2D eigenvalue weighted by Crippen LogP contribution is -2.38. The smallest absolute Gasteiger partial charge is 0.310 e. The lowest BCUT2D eigenvalue weighted by Gasteiger charge is -2.25. The number of rotatable bonds is 5. The number of anilines is 1. The fraction of sp³-hybridized carbons (Fsp3) is 0.190. The third-order valence-electron chi connectivity index (χ3n) is 4.56. The second-order valence-electron chi connectivity index (χ2n) is 6.55. The number of para-hydroxylation sites is 2. The van der Waals surface area contributed by atoms with Crippen LogP contribution < -0.4 is 10.1 Å². The Morgan fingerprint density at radius 2 is 1.97 bits per heavy atom. The lowest BCUT2D eigenvalue weighted by atomic mass is 10.1. The number of fused-ring (bicyclic) bond motifs is 1. The Kier molecular flexibility index (Phi) is 4.99. The van der Waals surface area contributed by atoms with Crippen LogP contribution in [0, 0.1) is 12.7 Å². The van der Waals surface area contributed by atoms with Gasteiger partial charge in [-0.3, -0.25) is 9.59 Å². The summed E-state index contributed by atoms with van der Waals surface area (Å²) in [6.45, 7) is 1.66. The van der Waals surface area contributed by atoms with Crippen LogP contribution >= 0.6 is 0 Å². The molecule has 29 heavy (non-hydrogen) atoms. The molecule has 1 aromatic heterocycles. The van der Waals surface area contributed by atoms with Crippen molar-refractivity contribution in [3.63, 3.8) is 0 Å². The van der Waals surface area contributed by atoms with Crippen LogP contribution in [0.5, 0.6) is 5.75 Å². The summed E-state index contributed by atoms with van der Waals surface area (Å²) >= 11 is 0. The summed E-state index contributed by atoms with van der Waals surface area (Å²) in [5.41, 5.74) is 2.36. The van der Waals surface area contributed by atoms with Crippen molar-refractivity contribution in [3.8, 4) is 17.1 Å². The molecule has 4 rings (SSSR count). The molecule has 1 atom stereocenters. The van der Waals surface area contributed by atoms with E-state index in [4.69, 9.17) is 14.0 Å². The number of halogens is 1. The number of carbonyl (C=O) groups excluding carboxylic acids is 2. The van der Waals surface area contributed by atoms with Crippen molar-refractivity contribution >= 4 is 17.6 Å². The molecule has 8 heteroatoms. The standard InChI is InChI=1S/C21H17FN2O5/c1-12-16(24-29-20(12)13-6-8-14(22)9-7-13)11-27-19(25)10-18-21(26)23-15-4-2-3-5-17(15)28-18/h2-9,18H,10-11H2,1H3,(H,23,26)/t18-/m0/s1. The van der Waals surface area contributed by atoms with Gasteiger partial charge in [0.1, 0.15) is 23.9 Å². The van der Waals surface area contributed by atoms with E-state index in [9.17, 15) is 14.0 Å². The highest BCUT2D eigenvalue weighted by molar-refractivity contribution is 5.99. The SMILES string of the molecule is Cc1c(COC(=O)C[C@@H]2Oc3ccccc3NC2=O)noc1-c1ccc(F)cc1. The molecule has 3 aromatic rings. The van der Waals surface area contributed by atoms with Crippen molar-refractivity contribution in [1.82, 2.24) is 5.16 Å². The van der Waals surface area contributed by atoms with Gasteiger partial charge in [0.15, 0.2) is 11.9 Å². The predicted molar refractivity (Wildman–Crippen MR) is 101 cm³/mol. The summed E-state index contributed by atoms with van der Waals surface area (Å²) in [6.07, 6.45) is -1.20. The average molecular weight is 396 g/mol. The van der Waals surface area contributed by atoms with E-state index in [1.165, 1.54) is 12.1 Å². The van der Waals surface area contributed by atoms with E-state index in [-0.39, 0.29) is 18.8 Å². The molecule has 0 saturated heterocycles. The van der Waals surface area contributed by atoms with Crippen molar-refractivity contribution in [2.45, 2.75) is 26.1 Å². The molecule has 0 unspecified atom stereocenters. The zero-order chi connectivity index (χ0) is 20.4. The zero-order valence-electron chi connectivity index (χ0n) is 15.5. The first-order valence-corrected chi connectivity index (χ1v) is 8.94. The molecule has 7 nitrogen and oxygen atoms in total. The van der Waals surface area contributed by atoms with Gasteiger partial charge in [0, 0.05) is 11.1 Å². The Balaban J connectivity index is 1.37. The Bertz CT molecular complexity index is 1060. The summed E-state index contributed by atoms with van der Waals surface area (Å²) in [5.74, 6) is -0.382. The van der Waals surface area contributed by atoms with Gasteiger partial charge in [-0.05, 0) is 43.3 Å². The topological polar surface area (TPSA) is 90.7 Å². The maximum absolute atomic E-state index is 13.1. The number of aromatic nitrogens is 1. The summed E-state index contributed by atoms with van der Waals surface area (Å²) in [6, 6.07) is 12.8. The normalized spacial score (nSPS) is 15.2. The van der Waals surface area contributed by atoms with Gasteiger partial charge >= 0.3 is 5.97 Å². The Hall–Kier alpha value is -3.68. The first kappa shape index (κ1) is 18.7. The van der Waals surface area contributed by atoms with Gasteiger partial charge in [0.25, 0.3) is 5.91 Å². The van der Waals surface area contributed by atoms with E-state index in [0.29, 0.717) is 34.0 Å². The number of esters is 1. The van der Waals surface area contributed by atoms with Crippen molar-refractivity contribution in [2.24, 2.45) is 0 Å². The maximum atomic E-state index is 13.1. The van der Waals surface area contributed by atoms with Crippen LogP contribution in [0.15, 0.2) is 53.1 Å². The van der Waals surface area contributed by atoms with E-state index in [1.807, 2.05) is 0 Å². The highest BCUT2D eigenvalue weighted by Gasteiger charge is 2.30. The molecule has 0 aliphatic carbocycles. The monoisotopic (exact) mass is 396 g/mol. The minimum Gasteiger partial charge on any atom is -0.478 e. The number of amides is 1. The second kappa shape index (κ2) is 7.75. The number of hydrogen-bond acceptors (Lipinski definition) is 6. The minimum absolute atomic E-state index is 0.111. The third kappa shape index (κ3) is 3.96. The maximum Gasteiger partial charge on any atom is 0.310 e. The molecule has 0 bridgehead atoms. The van der Waals surface area contributed by atoms with Crippen molar-refractivity contribution in [3.05, 3.63) is 65.6 Å². The molecule has 1 amide bonds. The Labute approximate surface area is 165 Å². The van der Waals surface area contributed by atoms with Crippen LogP contribution in [0.2, 0.25) is 0 Å². The second-order valence-corrected chi connectivity index (χ2v) is 6.55. The molecule has 1 aliphatic heterocycles. The van der Waals surface area contributed by atoms with Gasteiger partial charge in [-0.2, -0.15) is 0 Å². The van der Waals surface area contributed by atoms with Gasteiger partial charge in [0.2, 0.25) is 0 Å². The molecule has 0 spiro atoms. The molecule has 0 saturated carbocycles. The number of ether oxygens (including phenoxy) is 2. The Morgan fingerprint density at radius 1 is 1.21 bits per heavy atom. The zero-order valence-corrected chi connectivity index (χ0v) is 15.5. The molecular weight excluding hydrogens is 379 g/mol.